The van der Waals surface area contributed by atoms with Crippen LogP contribution in [0, 0.1) is 0 Å². The Kier molecular flexibility index (Phi) is 5.99. The van der Waals surface area contributed by atoms with Crippen LogP contribution in [0.25, 0.3) is 0 Å². The third kappa shape index (κ3) is 3.91. The lowest BCUT2D eigenvalue weighted by molar-refractivity contribution is -0.144. The molecule has 0 aliphatic heterocycles. The first-order chi connectivity index (χ1) is 8.60. The van der Waals surface area contributed by atoms with Gasteiger partial charge in [0.15, 0.2) is 0 Å². The van der Waals surface area contributed by atoms with Crippen LogP contribution in [0.5, 0.6) is 0 Å². The van der Waals surface area contributed by atoms with Gasteiger partial charge in [-0.2, -0.15) is 0 Å². The van der Waals surface area contributed by atoms with E-state index in [1.807, 2.05) is 25.1 Å². The van der Waals surface area contributed by atoms with Crippen molar-refractivity contribution >= 4 is 23.3 Å². The molecule has 0 saturated carbocycles. The maximum Gasteiger partial charge on any atom is 0.328 e. The molecule has 1 rings (SSSR count). The second kappa shape index (κ2) is 7.27. The van der Waals surface area contributed by atoms with E-state index in [0.29, 0.717) is 11.6 Å². The fourth-order valence-electron chi connectivity index (χ4n) is 1.63. The fourth-order valence-corrected chi connectivity index (χ4v) is 1.88. The Morgan fingerprint density at radius 2 is 2.17 bits per heavy atom. The first-order valence-corrected chi connectivity index (χ1v) is 6.68. The van der Waals surface area contributed by atoms with Gasteiger partial charge in [0.05, 0.1) is 17.3 Å². The number of ether oxygens (including phenoxy) is 1. The van der Waals surface area contributed by atoms with Crippen LogP contribution in [0.15, 0.2) is 18.2 Å². The van der Waals surface area contributed by atoms with Crippen molar-refractivity contribution in [2.45, 2.75) is 39.7 Å². The van der Waals surface area contributed by atoms with Crippen molar-refractivity contribution in [3.63, 3.8) is 0 Å². The van der Waals surface area contributed by atoms with E-state index < -0.39 is 6.04 Å². The molecule has 0 unspecified atom stereocenters. The summed E-state index contributed by atoms with van der Waals surface area (Å²) in [5.74, 6) is -0.251. The van der Waals surface area contributed by atoms with Gasteiger partial charge in [-0.25, -0.2) is 4.79 Å². The molecule has 3 nitrogen and oxygen atoms in total. The number of esters is 1. The van der Waals surface area contributed by atoms with E-state index in [2.05, 4.69) is 12.2 Å². The molecule has 0 radical (unpaired) electrons. The van der Waals surface area contributed by atoms with E-state index in [-0.39, 0.29) is 5.97 Å². The van der Waals surface area contributed by atoms with Gasteiger partial charge in [-0.3, -0.25) is 0 Å². The summed E-state index contributed by atoms with van der Waals surface area (Å²) in [7, 11) is 0. The number of aryl methyl sites for hydroxylation is 1. The summed E-state index contributed by atoms with van der Waals surface area (Å²) in [6, 6.07) is 5.32. The summed E-state index contributed by atoms with van der Waals surface area (Å²) in [6.45, 7) is 6.25. The average molecular weight is 270 g/mol. The molecule has 1 aromatic carbocycles. The Bertz CT molecular complexity index is 407. The SMILES string of the molecule is CCCOC(=O)[C@H](C)Nc1c(Cl)cccc1CC. The quantitative estimate of drug-likeness (QED) is 0.801. The zero-order valence-electron chi connectivity index (χ0n) is 11.1. The van der Waals surface area contributed by atoms with Gasteiger partial charge in [-0.1, -0.05) is 37.6 Å². The van der Waals surface area contributed by atoms with Gasteiger partial charge in [0.25, 0.3) is 0 Å². The Hall–Kier alpha value is -1.22. The number of para-hydroxylation sites is 1. The Balaban J connectivity index is 2.75. The van der Waals surface area contributed by atoms with Crippen LogP contribution in [0.3, 0.4) is 0 Å². The molecule has 0 aliphatic rings. The van der Waals surface area contributed by atoms with Gasteiger partial charge in [-0.15, -0.1) is 0 Å². The van der Waals surface area contributed by atoms with E-state index in [1.165, 1.54) is 0 Å². The molecule has 1 aromatic rings. The molecule has 0 heterocycles. The topological polar surface area (TPSA) is 38.3 Å². The van der Waals surface area contributed by atoms with Crippen molar-refractivity contribution in [2.24, 2.45) is 0 Å². The van der Waals surface area contributed by atoms with Crippen LogP contribution in [0.1, 0.15) is 32.8 Å². The van der Waals surface area contributed by atoms with Crippen molar-refractivity contribution in [3.8, 4) is 0 Å². The zero-order chi connectivity index (χ0) is 13.5. The monoisotopic (exact) mass is 269 g/mol. The van der Waals surface area contributed by atoms with Gasteiger partial charge >= 0.3 is 5.97 Å². The maximum atomic E-state index is 11.7. The molecule has 0 spiro atoms. The standard InChI is InChI=1S/C14H20ClNO2/c1-4-9-18-14(17)10(3)16-13-11(5-2)7-6-8-12(13)15/h6-8,10,16H,4-5,9H2,1-3H3/t10-/m0/s1. The number of benzene rings is 1. The molecule has 0 saturated heterocycles. The molecule has 0 aromatic heterocycles. The average Bonchev–Trinajstić information content (AvgIpc) is 2.38. The van der Waals surface area contributed by atoms with Crippen LogP contribution < -0.4 is 5.32 Å². The summed E-state index contributed by atoms with van der Waals surface area (Å²) in [5, 5.41) is 3.76. The number of carbonyl (C=O) groups excluding carboxylic acids is 1. The van der Waals surface area contributed by atoms with E-state index in [9.17, 15) is 4.79 Å². The second-order valence-corrected chi connectivity index (χ2v) is 4.57. The summed E-state index contributed by atoms with van der Waals surface area (Å²) in [4.78, 5) is 11.7. The third-order valence-electron chi connectivity index (χ3n) is 2.64. The minimum absolute atomic E-state index is 0.251. The minimum Gasteiger partial charge on any atom is -0.464 e. The lowest BCUT2D eigenvalue weighted by Crippen LogP contribution is -2.29. The third-order valence-corrected chi connectivity index (χ3v) is 2.96. The Morgan fingerprint density at radius 3 is 2.78 bits per heavy atom. The van der Waals surface area contributed by atoms with Crippen molar-refractivity contribution < 1.29 is 9.53 Å². The molecular formula is C14H20ClNO2. The highest BCUT2D eigenvalue weighted by molar-refractivity contribution is 6.33. The van der Waals surface area contributed by atoms with Crippen molar-refractivity contribution in [3.05, 3.63) is 28.8 Å². The van der Waals surface area contributed by atoms with Gasteiger partial charge in [0, 0.05) is 0 Å². The van der Waals surface area contributed by atoms with Crippen molar-refractivity contribution in [1.82, 2.24) is 0 Å². The molecule has 0 bridgehead atoms. The van der Waals surface area contributed by atoms with E-state index in [4.69, 9.17) is 16.3 Å². The number of hydrogen-bond acceptors (Lipinski definition) is 3. The summed E-state index contributed by atoms with van der Waals surface area (Å²) < 4.78 is 5.09. The molecule has 0 amide bonds. The number of anilines is 1. The lowest BCUT2D eigenvalue weighted by atomic mass is 10.1. The zero-order valence-corrected chi connectivity index (χ0v) is 11.9. The van der Waals surface area contributed by atoms with Crippen LogP contribution in [-0.2, 0) is 16.0 Å². The molecule has 0 aliphatic carbocycles. The Morgan fingerprint density at radius 1 is 1.44 bits per heavy atom. The highest BCUT2D eigenvalue weighted by atomic mass is 35.5. The number of halogens is 1. The highest BCUT2D eigenvalue weighted by Gasteiger charge is 2.16. The molecule has 100 valence electrons. The van der Waals surface area contributed by atoms with Crippen LogP contribution in [0.2, 0.25) is 5.02 Å². The van der Waals surface area contributed by atoms with Gasteiger partial charge in [0.2, 0.25) is 0 Å². The van der Waals surface area contributed by atoms with Gasteiger partial charge in [0.1, 0.15) is 6.04 Å². The minimum atomic E-state index is -0.401. The molecule has 18 heavy (non-hydrogen) atoms. The number of hydrogen-bond donors (Lipinski definition) is 1. The predicted molar refractivity (Wildman–Crippen MR) is 75.2 cm³/mol. The molecule has 4 heteroatoms. The largest absolute Gasteiger partial charge is 0.464 e. The molecule has 0 fully saturated rings. The fraction of sp³-hybridized carbons (Fsp3) is 0.500. The van der Waals surface area contributed by atoms with E-state index >= 15 is 0 Å². The summed E-state index contributed by atoms with van der Waals surface area (Å²) in [5.41, 5.74) is 1.92. The first kappa shape index (κ1) is 14.8. The molecular weight excluding hydrogens is 250 g/mol. The highest BCUT2D eigenvalue weighted by Crippen LogP contribution is 2.27. The van der Waals surface area contributed by atoms with Crippen LogP contribution in [0.4, 0.5) is 5.69 Å². The van der Waals surface area contributed by atoms with Crippen molar-refractivity contribution in [1.29, 1.82) is 0 Å². The van der Waals surface area contributed by atoms with E-state index in [1.54, 1.807) is 6.92 Å². The van der Waals surface area contributed by atoms with Crippen molar-refractivity contribution in [2.75, 3.05) is 11.9 Å². The van der Waals surface area contributed by atoms with Gasteiger partial charge < -0.3 is 10.1 Å². The maximum absolute atomic E-state index is 11.7. The summed E-state index contributed by atoms with van der Waals surface area (Å²) >= 11 is 6.15. The van der Waals surface area contributed by atoms with Crippen LogP contribution in [-0.4, -0.2) is 18.6 Å². The molecule has 1 atom stereocenters. The number of carbonyl (C=O) groups is 1. The summed E-state index contributed by atoms with van der Waals surface area (Å²) in [6.07, 6.45) is 1.68. The predicted octanol–water partition coefficient (Wildman–Crippen LogP) is 3.66. The normalized spacial score (nSPS) is 12.0. The second-order valence-electron chi connectivity index (χ2n) is 4.16. The lowest BCUT2D eigenvalue weighted by Gasteiger charge is -2.18. The molecule has 1 N–H and O–H groups in total. The number of rotatable bonds is 6. The smallest absolute Gasteiger partial charge is 0.328 e. The Labute approximate surface area is 113 Å². The van der Waals surface area contributed by atoms with Crippen LogP contribution >= 0.6 is 11.6 Å². The first-order valence-electron chi connectivity index (χ1n) is 6.30. The number of nitrogens with one attached hydrogen (secondary N) is 1. The van der Waals surface area contributed by atoms with Gasteiger partial charge in [-0.05, 0) is 31.4 Å². The van der Waals surface area contributed by atoms with E-state index in [0.717, 1.165) is 24.1 Å².